The molecule has 3 aromatic heterocycles. The molecule has 0 bridgehead atoms. The number of aromatic hydroxyl groups is 1. The molecule has 0 unspecified atom stereocenters. The van der Waals surface area contributed by atoms with E-state index in [0.29, 0.717) is 38.5 Å². The summed E-state index contributed by atoms with van der Waals surface area (Å²) in [5.74, 6) is -4.40. The van der Waals surface area contributed by atoms with Crippen molar-refractivity contribution in [3.8, 4) is 16.9 Å². The Labute approximate surface area is 248 Å². The summed E-state index contributed by atoms with van der Waals surface area (Å²) in [4.78, 5) is 37.4. The minimum absolute atomic E-state index is 0.00257. The van der Waals surface area contributed by atoms with Crippen molar-refractivity contribution in [2.45, 2.75) is 52.2 Å². The number of ether oxygens (including phenoxy) is 1. The molecule has 1 saturated heterocycles. The van der Waals surface area contributed by atoms with E-state index in [1.807, 2.05) is 11.8 Å². The highest BCUT2D eigenvalue weighted by molar-refractivity contribution is 6.33. The molecule has 2 aliphatic heterocycles. The van der Waals surface area contributed by atoms with Gasteiger partial charge in [0.1, 0.15) is 28.9 Å². The minimum Gasteiger partial charge on any atom is -0.505 e. The number of anilines is 2. The topological polar surface area (TPSA) is 115 Å². The molecule has 1 atom stereocenters. The molecule has 1 amide bonds. The highest BCUT2D eigenvalue weighted by Gasteiger charge is 2.27. The third-order valence-electron chi connectivity index (χ3n) is 7.90. The lowest BCUT2D eigenvalue weighted by atomic mass is 10.0. The fourth-order valence-electron chi connectivity index (χ4n) is 5.69. The van der Waals surface area contributed by atoms with Gasteiger partial charge >= 0.3 is 0 Å². The van der Waals surface area contributed by atoms with E-state index in [2.05, 4.69) is 15.3 Å². The number of aromatic nitrogens is 4. The predicted molar refractivity (Wildman–Crippen MR) is 154 cm³/mol. The summed E-state index contributed by atoms with van der Waals surface area (Å²) in [5.41, 5.74) is -0.491. The molecule has 226 valence electrons. The van der Waals surface area contributed by atoms with Gasteiger partial charge in [-0.3, -0.25) is 14.2 Å². The van der Waals surface area contributed by atoms with E-state index in [4.69, 9.17) is 16.3 Å². The number of aryl methyl sites for hydroxylation is 2. The first-order chi connectivity index (χ1) is 20.5. The number of carbonyl (C=O) groups is 1. The zero-order chi connectivity index (χ0) is 30.6. The Morgan fingerprint density at radius 2 is 1.95 bits per heavy atom. The summed E-state index contributed by atoms with van der Waals surface area (Å²) >= 11 is 6.17. The van der Waals surface area contributed by atoms with Gasteiger partial charge in [0.25, 0.3) is 5.56 Å². The maximum Gasteiger partial charge on any atom is 0.263 e. The number of hydrogen-bond donors (Lipinski definition) is 2. The molecule has 2 aliphatic rings. The van der Waals surface area contributed by atoms with E-state index < -0.39 is 41.3 Å². The highest BCUT2D eigenvalue weighted by Crippen LogP contribution is 2.36. The second-order valence-corrected chi connectivity index (χ2v) is 11.2. The van der Waals surface area contributed by atoms with Crippen molar-refractivity contribution in [2.75, 3.05) is 30.0 Å². The van der Waals surface area contributed by atoms with Gasteiger partial charge in [0.15, 0.2) is 11.6 Å². The van der Waals surface area contributed by atoms with Crippen LogP contribution in [-0.2, 0) is 29.0 Å². The predicted octanol–water partition coefficient (Wildman–Crippen LogP) is 4.54. The van der Waals surface area contributed by atoms with E-state index in [1.54, 1.807) is 0 Å². The molecule has 14 heteroatoms. The van der Waals surface area contributed by atoms with E-state index in [9.17, 15) is 23.5 Å². The van der Waals surface area contributed by atoms with Crippen molar-refractivity contribution in [1.29, 1.82) is 0 Å². The average Bonchev–Trinajstić information content (AvgIpc) is 3.34. The van der Waals surface area contributed by atoms with Crippen LogP contribution in [0.5, 0.6) is 5.75 Å². The number of rotatable bonds is 5. The number of nitrogens with zero attached hydrogens (tertiary/aromatic N) is 5. The van der Waals surface area contributed by atoms with Gasteiger partial charge in [0.05, 0.1) is 30.3 Å². The van der Waals surface area contributed by atoms with Crippen LogP contribution in [0, 0.1) is 24.5 Å². The van der Waals surface area contributed by atoms with E-state index in [0.717, 1.165) is 12.8 Å². The molecule has 0 spiro atoms. The number of fused-ring (bicyclic) bond motifs is 2. The van der Waals surface area contributed by atoms with Crippen LogP contribution in [0.2, 0.25) is 5.02 Å². The second kappa shape index (κ2) is 11.2. The number of morpholine rings is 1. The van der Waals surface area contributed by atoms with Gasteiger partial charge in [-0.15, -0.1) is 0 Å². The quantitative estimate of drug-likeness (QED) is 0.316. The van der Waals surface area contributed by atoms with E-state index in [1.165, 1.54) is 34.4 Å². The van der Waals surface area contributed by atoms with Crippen molar-refractivity contribution < 1.29 is 27.8 Å². The number of phenolic OH excluding ortho intramolecular Hbond substituents is 1. The van der Waals surface area contributed by atoms with Crippen LogP contribution < -0.4 is 15.8 Å². The smallest absolute Gasteiger partial charge is 0.263 e. The van der Waals surface area contributed by atoms with Crippen molar-refractivity contribution in [3.05, 3.63) is 62.7 Å². The summed E-state index contributed by atoms with van der Waals surface area (Å²) in [5, 5.41) is 12.2. The molecule has 10 nitrogen and oxygen atoms in total. The Hall–Kier alpha value is -4.10. The second-order valence-electron chi connectivity index (χ2n) is 10.8. The summed E-state index contributed by atoms with van der Waals surface area (Å²) < 4.78 is 52.8. The number of phenols is 1. The molecule has 4 aromatic rings. The van der Waals surface area contributed by atoms with Crippen molar-refractivity contribution in [1.82, 2.24) is 19.1 Å². The fourth-order valence-corrected chi connectivity index (χ4v) is 5.83. The zero-order valence-corrected chi connectivity index (χ0v) is 24.1. The third kappa shape index (κ3) is 5.10. The van der Waals surface area contributed by atoms with Crippen LogP contribution in [0.25, 0.3) is 22.2 Å². The first-order valence-corrected chi connectivity index (χ1v) is 14.2. The molecular formula is C29H28ClF3N6O4. The largest absolute Gasteiger partial charge is 0.505 e. The van der Waals surface area contributed by atoms with Crippen LogP contribution in [-0.4, -0.2) is 55.9 Å². The SMILES string of the molecule is Cc1cc(-c2cn(CC(=O)Nc3cc(N4CCOC[C@@H]4C)nc(F)c3Cl)c3nc4n(c(=O)c23)CCCC4)c(F)c(F)c1O. The average molecular weight is 617 g/mol. The third-order valence-corrected chi connectivity index (χ3v) is 8.26. The Balaban J connectivity index is 1.41. The van der Waals surface area contributed by atoms with E-state index >= 15 is 4.39 Å². The van der Waals surface area contributed by atoms with Crippen LogP contribution >= 0.6 is 11.6 Å². The standard InChI is InChI=1S/C29H28ClF3N6O4/c1-14-9-16(24(31)25(32)26(14)41)17-11-37(28-22(17)29(42)39-6-4-3-5-19(39)36-28)12-21(40)34-18-10-20(35-27(33)23(18)30)38-7-8-43-13-15(38)2/h9-11,15,41H,3-8,12-13H2,1-2H3,(H,34,35,40)/t15-/m0/s1. The maximum absolute atomic E-state index is 15.2. The number of halogens is 4. The molecule has 2 N–H and O–H groups in total. The van der Waals surface area contributed by atoms with Gasteiger partial charge in [-0.1, -0.05) is 11.6 Å². The normalized spacial score (nSPS) is 16.9. The number of amides is 1. The Kier molecular flexibility index (Phi) is 7.55. The Morgan fingerprint density at radius 3 is 2.72 bits per heavy atom. The number of carbonyl (C=O) groups excluding carboxylic acids is 1. The van der Waals surface area contributed by atoms with Crippen LogP contribution in [0.4, 0.5) is 24.7 Å². The number of nitrogens with one attached hydrogen (secondary N) is 1. The lowest BCUT2D eigenvalue weighted by Crippen LogP contribution is -2.44. The Morgan fingerprint density at radius 1 is 1.16 bits per heavy atom. The lowest BCUT2D eigenvalue weighted by Gasteiger charge is -2.34. The molecule has 0 radical (unpaired) electrons. The van der Waals surface area contributed by atoms with Crippen molar-refractivity contribution in [3.63, 3.8) is 0 Å². The molecule has 0 saturated carbocycles. The first kappa shape index (κ1) is 29.0. The molecule has 43 heavy (non-hydrogen) atoms. The van der Waals surface area contributed by atoms with Crippen molar-refractivity contribution in [2.24, 2.45) is 0 Å². The van der Waals surface area contributed by atoms with Gasteiger partial charge < -0.3 is 24.6 Å². The summed E-state index contributed by atoms with van der Waals surface area (Å²) in [7, 11) is 0. The molecule has 5 heterocycles. The van der Waals surface area contributed by atoms with Crippen molar-refractivity contribution >= 4 is 40.0 Å². The fraction of sp³-hybridized carbons (Fsp3) is 0.379. The van der Waals surface area contributed by atoms with Gasteiger partial charge in [0, 0.05) is 42.9 Å². The number of hydrogen-bond acceptors (Lipinski definition) is 7. The highest BCUT2D eigenvalue weighted by atomic mass is 35.5. The van der Waals surface area contributed by atoms with Gasteiger partial charge in [-0.25, -0.2) is 14.4 Å². The van der Waals surface area contributed by atoms with Crippen LogP contribution in [0.1, 0.15) is 31.2 Å². The van der Waals surface area contributed by atoms with Crippen LogP contribution in [0.3, 0.4) is 0 Å². The zero-order valence-electron chi connectivity index (χ0n) is 23.4. The molecule has 6 rings (SSSR count). The van der Waals surface area contributed by atoms with Gasteiger partial charge in [-0.05, 0) is 38.3 Å². The molecule has 1 fully saturated rings. The summed E-state index contributed by atoms with van der Waals surface area (Å²) in [6, 6.07) is 2.63. The Bertz CT molecular complexity index is 1840. The van der Waals surface area contributed by atoms with Crippen LogP contribution in [0.15, 0.2) is 23.1 Å². The monoisotopic (exact) mass is 616 g/mol. The number of benzene rings is 1. The first-order valence-electron chi connectivity index (χ1n) is 13.9. The minimum atomic E-state index is -1.44. The molecular weight excluding hydrogens is 589 g/mol. The molecule has 0 aliphatic carbocycles. The van der Waals surface area contributed by atoms with Gasteiger partial charge in [0.2, 0.25) is 17.7 Å². The lowest BCUT2D eigenvalue weighted by molar-refractivity contribution is -0.116. The summed E-state index contributed by atoms with van der Waals surface area (Å²) in [6.45, 7) is 4.66. The maximum atomic E-state index is 15.2. The van der Waals surface area contributed by atoms with Gasteiger partial charge in [-0.2, -0.15) is 8.78 Å². The molecule has 1 aromatic carbocycles. The van der Waals surface area contributed by atoms with E-state index in [-0.39, 0.29) is 50.3 Å². The number of pyridine rings is 1. The summed E-state index contributed by atoms with van der Waals surface area (Å²) in [6.07, 6.45) is 3.47.